The van der Waals surface area contributed by atoms with E-state index in [2.05, 4.69) is 18.0 Å². The number of allylic oxidation sites excluding steroid dienone is 3. The molecule has 5 heteroatoms. The van der Waals surface area contributed by atoms with Gasteiger partial charge in [-0.2, -0.15) is 0 Å². The number of benzene rings is 1. The van der Waals surface area contributed by atoms with Crippen LogP contribution in [0.2, 0.25) is 0 Å². The molecule has 138 valence electrons. The monoisotopic (exact) mass is 381 g/mol. The van der Waals surface area contributed by atoms with Crippen LogP contribution in [0.3, 0.4) is 0 Å². The number of alkyl halides is 1. The van der Waals surface area contributed by atoms with E-state index in [0.717, 1.165) is 24.8 Å². The van der Waals surface area contributed by atoms with Crippen LogP contribution in [-0.2, 0) is 9.84 Å². The van der Waals surface area contributed by atoms with Crippen LogP contribution in [0, 0.1) is 0 Å². The van der Waals surface area contributed by atoms with Gasteiger partial charge in [0.1, 0.15) is 0 Å². The van der Waals surface area contributed by atoms with E-state index in [4.69, 9.17) is 11.6 Å². The minimum Gasteiger partial charge on any atom is -0.389 e. The summed E-state index contributed by atoms with van der Waals surface area (Å²) < 4.78 is 23.1. The maximum Gasteiger partial charge on any atom is 0.175 e. The predicted octanol–water partition coefficient (Wildman–Crippen LogP) is 4.95. The van der Waals surface area contributed by atoms with Crippen molar-refractivity contribution in [3.05, 3.63) is 60.3 Å². The van der Waals surface area contributed by atoms with E-state index in [-0.39, 0.29) is 5.38 Å². The van der Waals surface area contributed by atoms with Gasteiger partial charge in [0, 0.05) is 12.8 Å². The number of hydrogen-bond donors (Lipinski definition) is 1. The van der Waals surface area contributed by atoms with E-state index >= 15 is 0 Å². The lowest BCUT2D eigenvalue weighted by molar-refractivity contribution is 0.602. The SMILES string of the molecule is C=CC(Cl)CN/C=C/C1=C(c2ccc(S(C)(=O)=O)cc2)CCC1.CC. The van der Waals surface area contributed by atoms with Crippen LogP contribution in [0.1, 0.15) is 38.7 Å². The lowest BCUT2D eigenvalue weighted by atomic mass is 10.0. The van der Waals surface area contributed by atoms with Crippen molar-refractivity contribution >= 4 is 27.0 Å². The van der Waals surface area contributed by atoms with Crippen LogP contribution >= 0.6 is 11.6 Å². The highest BCUT2D eigenvalue weighted by Crippen LogP contribution is 2.34. The van der Waals surface area contributed by atoms with Crippen molar-refractivity contribution in [3.8, 4) is 0 Å². The molecule has 1 aromatic rings. The Bertz CT molecular complexity index is 719. The molecule has 0 heterocycles. The highest BCUT2D eigenvalue weighted by Gasteiger charge is 2.15. The molecular weight excluding hydrogens is 354 g/mol. The number of nitrogens with one attached hydrogen (secondary N) is 1. The third-order valence-electron chi connectivity index (χ3n) is 3.86. The summed E-state index contributed by atoms with van der Waals surface area (Å²) >= 11 is 5.96. The molecule has 1 atom stereocenters. The molecule has 0 aliphatic heterocycles. The molecule has 2 rings (SSSR count). The second kappa shape index (κ2) is 10.5. The quantitative estimate of drug-likeness (QED) is 0.536. The number of sulfone groups is 1. The zero-order chi connectivity index (χ0) is 18.9. The molecule has 0 saturated heterocycles. The van der Waals surface area contributed by atoms with E-state index in [1.54, 1.807) is 18.2 Å². The minimum atomic E-state index is -3.15. The fourth-order valence-corrected chi connectivity index (χ4v) is 3.33. The molecule has 25 heavy (non-hydrogen) atoms. The number of hydrogen-bond acceptors (Lipinski definition) is 3. The third-order valence-corrected chi connectivity index (χ3v) is 5.32. The average molecular weight is 382 g/mol. The molecular formula is C20H28ClNO2S. The number of halogens is 1. The molecule has 1 unspecified atom stereocenters. The van der Waals surface area contributed by atoms with E-state index in [0.29, 0.717) is 11.4 Å². The summed E-state index contributed by atoms with van der Waals surface area (Å²) in [4.78, 5) is 0.358. The van der Waals surface area contributed by atoms with Crippen molar-refractivity contribution in [2.45, 2.75) is 43.4 Å². The zero-order valence-corrected chi connectivity index (χ0v) is 16.8. The van der Waals surface area contributed by atoms with Gasteiger partial charge in [-0.3, -0.25) is 0 Å². The van der Waals surface area contributed by atoms with Gasteiger partial charge in [0.2, 0.25) is 0 Å². The van der Waals surface area contributed by atoms with Crippen molar-refractivity contribution in [2.24, 2.45) is 0 Å². The Morgan fingerprint density at radius 1 is 1.24 bits per heavy atom. The lowest BCUT2D eigenvalue weighted by Gasteiger charge is -2.07. The van der Waals surface area contributed by atoms with Crippen molar-refractivity contribution in [1.82, 2.24) is 5.32 Å². The van der Waals surface area contributed by atoms with Crippen LogP contribution in [0.4, 0.5) is 0 Å². The Hall–Kier alpha value is -1.52. The van der Waals surface area contributed by atoms with Gasteiger partial charge in [-0.25, -0.2) is 8.42 Å². The Balaban J connectivity index is 0.00000151. The molecule has 0 radical (unpaired) electrons. The minimum absolute atomic E-state index is 0.0831. The average Bonchev–Trinajstić information content (AvgIpc) is 3.08. The maximum atomic E-state index is 11.5. The first-order valence-electron chi connectivity index (χ1n) is 8.61. The van der Waals surface area contributed by atoms with Gasteiger partial charge in [-0.15, -0.1) is 18.2 Å². The summed E-state index contributed by atoms with van der Waals surface area (Å²) in [7, 11) is -3.15. The normalized spacial score (nSPS) is 15.7. The highest BCUT2D eigenvalue weighted by molar-refractivity contribution is 7.90. The van der Waals surface area contributed by atoms with Crippen molar-refractivity contribution in [1.29, 1.82) is 0 Å². The van der Waals surface area contributed by atoms with Crippen LogP contribution < -0.4 is 5.32 Å². The van der Waals surface area contributed by atoms with Gasteiger partial charge in [0.15, 0.2) is 9.84 Å². The largest absolute Gasteiger partial charge is 0.389 e. The second-order valence-corrected chi connectivity index (χ2v) is 8.22. The molecule has 1 aliphatic carbocycles. The summed E-state index contributed by atoms with van der Waals surface area (Å²) in [5, 5.41) is 3.08. The van der Waals surface area contributed by atoms with Crippen LogP contribution in [-0.4, -0.2) is 26.6 Å². The lowest BCUT2D eigenvalue weighted by Crippen LogP contribution is -2.15. The van der Waals surface area contributed by atoms with Gasteiger partial charge in [0.05, 0.1) is 10.3 Å². The molecule has 0 saturated carbocycles. The van der Waals surface area contributed by atoms with Gasteiger partial charge in [-0.1, -0.05) is 32.1 Å². The second-order valence-electron chi connectivity index (χ2n) is 5.65. The summed E-state index contributed by atoms with van der Waals surface area (Å²) in [6, 6.07) is 7.14. The van der Waals surface area contributed by atoms with E-state index in [1.165, 1.54) is 17.4 Å². The number of rotatable bonds is 7. The molecule has 0 fully saturated rings. The molecule has 3 nitrogen and oxygen atoms in total. The molecule has 0 aromatic heterocycles. The van der Waals surface area contributed by atoms with Gasteiger partial charge in [-0.05, 0) is 60.4 Å². The molecule has 0 amide bonds. The summed E-state index contributed by atoms with van der Waals surface area (Å²) in [6.07, 6.45) is 10.1. The zero-order valence-electron chi connectivity index (χ0n) is 15.3. The first-order chi connectivity index (χ1) is 11.9. The van der Waals surface area contributed by atoms with E-state index in [1.807, 2.05) is 32.2 Å². The summed E-state index contributed by atoms with van der Waals surface area (Å²) in [5.41, 5.74) is 3.67. The Labute approximate surface area is 157 Å². The fraction of sp³-hybridized carbons (Fsp3) is 0.400. The first kappa shape index (κ1) is 21.5. The van der Waals surface area contributed by atoms with Gasteiger partial charge < -0.3 is 5.32 Å². The summed E-state index contributed by atoms with van der Waals surface area (Å²) in [6.45, 7) is 8.29. The maximum absolute atomic E-state index is 11.5. The highest BCUT2D eigenvalue weighted by atomic mass is 35.5. The van der Waals surface area contributed by atoms with Crippen LogP contribution in [0.15, 0.2) is 59.7 Å². The summed E-state index contributed by atoms with van der Waals surface area (Å²) in [5.74, 6) is 0. The molecule has 0 spiro atoms. The van der Waals surface area contributed by atoms with Gasteiger partial charge >= 0.3 is 0 Å². The Morgan fingerprint density at radius 3 is 2.44 bits per heavy atom. The smallest absolute Gasteiger partial charge is 0.175 e. The van der Waals surface area contributed by atoms with Crippen LogP contribution in [0.5, 0.6) is 0 Å². The third kappa shape index (κ3) is 6.71. The Kier molecular flexibility index (Phi) is 9.01. The van der Waals surface area contributed by atoms with Crippen LogP contribution in [0.25, 0.3) is 5.57 Å². The topological polar surface area (TPSA) is 46.2 Å². The van der Waals surface area contributed by atoms with Crippen molar-refractivity contribution < 1.29 is 8.42 Å². The van der Waals surface area contributed by atoms with Crippen molar-refractivity contribution in [3.63, 3.8) is 0 Å². The molecule has 0 bridgehead atoms. The van der Waals surface area contributed by atoms with E-state index in [9.17, 15) is 8.42 Å². The van der Waals surface area contributed by atoms with Crippen molar-refractivity contribution in [2.75, 3.05) is 12.8 Å². The molecule has 1 aromatic carbocycles. The fourth-order valence-electron chi connectivity index (χ4n) is 2.61. The standard InChI is InChI=1S/C18H22ClNO2S.C2H6/c1-3-16(19)13-20-12-11-14-5-4-6-18(14)15-7-9-17(10-8-15)23(2,21)22;1-2/h3,7-12,16,20H,1,4-6,13H2,2H3;1-2H3/b12-11+;. The molecule has 1 N–H and O–H groups in total. The first-order valence-corrected chi connectivity index (χ1v) is 10.9. The van der Waals surface area contributed by atoms with Gasteiger partial charge in [0.25, 0.3) is 0 Å². The molecule has 1 aliphatic rings. The predicted molar refractivity (Wildman–Crippen MR) is 109 cm³/mol. The Morgan fingerprint density at radius 2 is 1.88 bits per heavy atom. The van der Waals surface area contributed by atoms with E-state index < -0.39 is 9.84 Å².